The maximum absolute atomic E-state index is 13.7. The van der Waals surface area contributed by atoms with Gasteiger partial charge in [0.15, 0.2) is 0 Å². The fourth-order valence-corrected chi connectivity index (χ4v) is 5.95. The Kier molecular flexibility index (Phi) is 11.6. The van der Waals surface area contributed by atoms with E-state index in [1.54, 1.807) is 23.2 Å². The molecule has 1 aliphatic heterocycles. The Balaban J connectivity index is 1.49. The molecule has 0 aliphatic carbocycles. The molecule has 3 aromatic rings. The normalized spacial score (nSPS) is 15.6. The van der Waals surface area contributed by atoms with E-state index in [0.717, 1.165) is 41.7 Å². The minimum atomic E-state index is -0.647. The number of benzene rings is 2. The number of hydrogen-bond donors (Lipinski definition) is 0. The largest absolute Gasteiger partial charge is 0.488 e. The third-order valence-corrected chi connectivity index (χ3v) is 10.4. The summed E-state index contributed by atoms with van der Waals surface area (Å²) in [6, 6.07) is 17.7. The van der Waals surface area contributed by atoms with Gasteiger partial charge in [-0.2, -0.15) is 0 Å². The molecule has 1 aromatic heterocycles. The van der Waals surface area contributed by atoms with Crippen LogP contribution in [0.4, 0.5) is 4.79 Å². The zero-order chi connectivity index (χ0) is 34.4. The van der Waals surface area contributed by atoms with E-state index in [9.17, 15) is 9.59 Å². The maximum atomic E-state index is 13.7. The summed E-state index contributed by atoms with van der Waals surface area (Å²) >= 11 is 0. The van der Waals surface area contributed by atoms with E-state index in [1.165, 1.54) is 12.7 Å². The Morgan fingerprint density at radius 2 is 1.70 bits per heavy atom. The van der Waals surface area contributed by atoms with Crippen molar-refractivity contribution in [1.82, 2.24) is 9.88 Å². The highest BCUT2D eigenvalue weighted by Gasteiger charge is 2.37. The first-order valence-corrected chi connectivity index (χ1v) is 17.2. The summed E-state index contributed by atoms with van der Waals surface area (Å²) in [5, 5.41) is -0.0776. The van der Waals surface area contributed by atoms with Crippen LogP contribution in [0, 0.1) is 5.41 Å². The summed E-state index contributed by atoms with van der Waals surface area (Å²) in [5.74, 6) is 0.496. The molecule has 2 atom stereocenters. The van der Waals surface area contributed by atoms with E-state index in [0.29, 0.717) is 18.7 Å². The second-order valence-electron chi connectivity index (χ2n) is 14.8. The lowest BCUT2D eigenvalue weighted by Crippen LogP contribution is -2.46. The molecule has 0 spiro atoms. The topological polar surface area (TPSA) is 87.2 Å². The van der Waals surface area contributed by atoms with Gasteiger partial charge in [-0.3, -0.25) is 4.98 Å². The third-order valence-electron chi connectivity index (χ3n) is 8.79. The molecule has 8 nitrogen and oxygen atoms in total. The lowest BCUT2D eigenvalue weighted by Gasteiger charge is -2.39. The van der Waals surface area contributed by atoms with Crippen LogP contribution in [0.3, 0.4) is 0 Å². The Morgan fingerprint density at radius 1 is 1.00 bits per heavy atom. The molecule has 47 heavy (non-hydrogen) atoms. The number of hydrogen-bond acceptors (Lipinski definition) is 7. The van der Waals surface area contributed by atoms with Gasteiger partial charge in [-0.05, 0) is 97.0 Å². The summed E-state index contributed by atoms with van der Waals surface area (Å²) in [6.45, 7) is 17.4. The van der Waals surface area contributed by atoms with Crippen molar-refractivity contribution in [3.05, 3.63) is 94.8 Å². The minimum Gasteiger partial charge on any atom is -0.488 e. The minimum absolute atomic E-state index is 0.0358. The lowest BCUT2D eigenvalue weighted by molar-refractivity contribution is 0.00568. The summed E-state index contributed by atoms with van der Waals surface area (Å²) in [6.07, 6.45) is 4.93. The van der Waals surface area contributed by atoms with Crippen LogP contribution in [0.5, 0.6) is 5.75 Å². The fourth-order valence-electron chi connectivity index (χ4n) is 4.99. The number of nitrogens with zero attached hydrogens (tertiary/aromatic N) is 2. The molecule has 2 heterocycles. The molecule has 0 bridgehead atoms. The lowest BCUT2D eigenvalue weighted by atomic mass is 9.82. The number of pyridine rings is 1. The molecule has 0 saturated carbocycles. The molecule has 2 aromatic carbocycles. The standard InChI is InChI=1S/C38H50N2O6Si/c1-36(2,3)38(7,8)47-46-33(30-11-10-20-39-23-30)25-40(35(42)45-37(4,5)6)24-31-18-17-29-22-27(14-19-32(29)44-31)21-26-12-15-28(16-13-26)34(41)43-9/h10-16,19-20,22-23,31,33H,17-18,21,24-25H2,1-9H3/t31-,33+/m1/s1. The number of fused-ring (bicyclic) bond motifs is 1. The van der Waals surface area contributed by atoms with Crippen LogP contribution in [0.25, 0.3) is 0 Å². The number of aryl methyl sites for hydroxylation is 1. The van der Waals surface area contributed by atoms with Crippen molar-refractivity contribution >= 4 is 21.8 Å². The summed E-state index contributed by atoms with van der Waals surface area (Å²) in [4.78, 5) is 31.5. The Labute approximate surface area is 283 Å². The van der Waals surface area contributed by atoms with Gasteiger partial charge in [0.1, 0.15) is 17.5 Å². The van der Waals surface area contributed by atoms with Gasteiger partial charge in [-0.25, -0.2) is 9.59 Å². The first kappa shape index (κ1) is 36.1. The zero-order valence-electron chi connectivity index (χ0n) is 29.4. The zero-order valence-corrected chi connectivity index (χ0v) is 30.4. The van der Waals surface area contributed by atoms with Gasteiger partial charge in [-0.15, -0.1) is 0 Å². The first-order chi connectivity index (χ1) is 22.0. The van der Waals surface area contributed by atoms with E-state index in [1.807, 2.05) is 57.3 Å². The van der Waals surface area contributed by atoms with Gasteiger partial charge in [0.2, 0.25) is 9.76 Å². The second-order valence-corrected chi connectivity index (χ2v) is 16.5. The number of amides is 1. The Bertz CT molecular complexity index is 1500. The number of esters is 1. The molecule has 0 unspecified atom stereocenters. The summed E-state index contributed by atoms with van der Waals surface area (Å²) < 4.78 is 23.8. The molecule has 252 valence electrons. The van der Waals surface area contributed by atoms with Crippen LogP contribution in [-0.4, -0.2) is 63.6 Å². The van der Waals surface area contributed by atoms with Crippen LogP contribution in [-0.2, 0) is 26.7 Å². The molecule has 0 N–H and O–H groups in total. The summed E-state index contributed by atoms with van der Waals surface area (Å²) in [5.41, 5.74) is 4.27. The maximum Gasteiger partial charge on any atom is 0.410 e. The molecule has 0 fully saturated rings. The highest BCUT2D eigenvalue weighted by Crippen LogP contribution is 2.44. The molecule has 1 aliphatic rings. The van der Waals surface area contributed by atoms with E-state index < -0.39 is 11.7 Å². The number of methoxy groups -OCH3 is 1. The van der Waals surface area contributed by atoms with Crippen molar-refractivity contribution in [2.45, 2.75) is 97.5 Å². The average Bonchev–Trinajstić information content (AvgIpc) is 3.01. The predicted octanol–water partition coefficient (Wildman–Crippen LogP) is 8.01. The molecule has 1 amide bonds. The molecule has 4 rings (SSSR count). The van der Waals surface area contributed by atoms with E-state index in [4.69, 9.17) is 18.6 Å². The second kappa shape index (κ2) is 15.0. The molecule has 9 heteroatoms. The van der Waals surface area contributed by atoms with Gasteiger partial charge in [0.05, 0.1) is 31.9 Å². The number of rotatable bonds is 11. The van der Waals surface area contributed by atoms with Crippen LogP contribution in [0.15, 0.2) is 67.0 Å². The fraction of sp³-hybridized carbons (Fsp3) is 0.500. The number of carbonyl (C=O) groups is 2. The van der Waals surface area contributed by atoms with Crippen molar-refractivity contribution in [3.8, 4) is 5.75 Å². The highest BCUT2D eigenvalue weighted by molar-refractivity contribution is 6.32. The quantitative estimate of drug-likeness (QED) is 0.152. The molecule has 2 radical (unpaired) electrons. The number of aromatic nitrogens is 1. The van der Waals surface area contributed by atoms with Crippen molar-refractivity contribution in [2.75, 3.05) is 20.2 Å². The Hall–Kier alpha value is -3.69. The van der Waals surface area contributed by atoms with Crippen molar-refractivity contribution in [2.24, 2.45) is 5.41 Å². The van der Waals surface area contributed by atoms with Crippen LogP contribution in [0.2, 0.25) is 5.04 Å². The molecular weight excluding hydrogens is 609 g/mol. The highest BCUT2D eigenvalue weighted by atomic mass is 28.2. The number of ether oxygens (including phenoxy) is 3. The molecular formula is C38H50N2O6Si. The van der Waals surface area contributed by atoms with Gasteiger partial charge < -0.3 is 23.5 Å². The number of carbonyl (C=O) groups excluding carboxylic acids is 2. The van der Waals surface area contributed by atoms with Crippen LogP contribution in [0.1, 0.15) is 101 Å². The SMILES string of the molecule is COC(=O)c1ccc(Cc2ccc3c(c2)CC[C@H](CN(C[C@H](O[Si]C(C)(C)C(C)(C)C)c2cccnc2)C(=O)OC(C)(C)C)O3)cc1. The third kappa shape index (κ3) is 10.1. The Morgan fingerprint density at radius 3 is 2.32 bits per heavy atom. The predicted molar refractivity (Wildman–Crippen MR) is 185 cm³/mol. The average molecular weight is 659 g/mol. The van der Waals surface area contributed by atoms with Gasteiger partial charge >= 0.3 is 12.1 Å². The van der Waals surface area contributed by atoms with Crippen LogP contribution >= 0.6 is 0 Å². The van der Waals surface area contributed by atoms with Gasteiger partial charge in [-0.1, -0.05) is 65.0 Å². The summed E-state index contributed by atoms with van der Waals surface area (Å²) in [7, 11) is 1.59. The van der Waals surface area contributed by atoms with Crippen molar-refractivity contribution in [1.29, 1.82) is 0 Å². The van der Waals surface area contributed by atoms with Gasteiger partial charge in [0, 0.05) is 12.4 Å². The molecule has 0 saturated heterocycles. The first-order valence-electron chi connectivity index (χ1n) is 16.3. The van der Waals surface area contributed by atoms with E-state index in [-0.39, 0.29) is 38.4 Å². The van der Waals surface area contributed by atoms with E-state index >= 15 is 0 Å². The smallest absolute Gasteiger partial charge is 0.410 e. The van der Waals surface area contributed by atoms with Crippen molar-refractivity contribution < 1.29 is 28.2 Å². The van der Waals surface area contributed by atoms with E-state index in [2.05, 4.69) is 51.7 Å². The van der Waals surface area contributed by atoms with Crippen LogP contribution < -0.4 is 4.74 Å². The van der Waals surface area contributed by atoms with Gasteiger partial charge in [0.25, 0.3) is 0 Å². The van der Waals surface area contributed by atoms with Crippen molar-refractivity contribution in [3.63, 3.8) is 0 Å². The monoisotopic (exact) mass is 658 g/mol.